The molecule has 0 fully saturated rings. The van der Waals surface area contributed by atoms with E-state index in [1.165, 1.54) is 19.2 Å². The Labute approximate surface area is 116 Å². The molecule has 0 aromatic heterocycles. The zero-order valence-corrected chi connectivity index (χ0v) is 11.8. The van der Waals surface area contributed by atoms with E-state index in [-0.39, 0.29) is 10.8 Å². The molecule has 0 heterocycles. The average molecular weight is 292 g/mol. The lowest BCUT2D eigenvalue weighted by Gasteiger charge is -2.29. The second kappa shape index (κ2) is 5.34. The Hall–Kier alpha value is -0.970. The van der Waals surface area contributed by atoms with E-state index in [9.17, 15) is 9.90 Å². The van der Waals surface area contributed by atoms with Crippen LogP contribution in [0.15, 0.2) is 12.1 Å². The molecule has 0 bridgehead atoms. The zero-order chi connectivity index (χ0) is 14.1. The third kappa shape index (κ3) is 2.71. The van der Waals surface area contributed by atoms with E-state index in [0.29, 0.717) is 10.6 Å². The van der Waals surface area contributed by atoms with Crippen molar-refractivity contribution in [1.29, 1.82) is 0 Å². The largest absolute Gasteiger partial charge is 0.506 e. The van der Waals surface area contributed by atoms with Crippen molar-refractivity contribution in [2.24, 2.45) is 11.1 Å². The number of aromatic hydroxyl groups is 1. The molecule has 0 saturated carbocycles. The molecule has 18 heavy (non-hydrogen) atoms. The number of carbonyl (C=O) groups is 1. The molecule has 1 atom stereocenters. The molecule has 1 rings (SSSR count). The van der Waals surface area contributed by atoms with Crippen LogP contribution in [0.2, 0.25) is 10.0 Å². The summed E-state index contributed by atoms with van der Waals surface area (Å²) in [4.78, 5) is 11.7. The molecule has 6 heteroatoms. The fraction of sp³-hybridized carbons (Fsp3) is 0.417. The summed E-state index contributed by atoms with van der Waals surface area (Å²) >= 11 is 11.7. The van der Waals surface area contributed by atoms with Gasteiger partial charge in [-0.15, -0.1) is 0 Å². The molecule has 1 aromatic carbocycles. The minimum atomic E-state index is -1.01. The summed E-state index contributed by atoms with van der Waals surface area (Å²) in [5.74, 6) is -0.656. The first-order valence-corrected chi connectivity index (χ1v) is 5.99. The van der Waals surface area contributed by atoms with Gasteiger partial charge in [-0.25, -0.2) is 0 Å². The van der Waals surface area contributed by atoms with E-state index in [4.69, 9.17) is 33.7 Å². The van der Waals surface area contributed by atoms with Gasteiger partial charge in [-0.2, -0.15) is 0 Å². The standard InChI is InChI=1S/C12H15Cl2NO3/c1-12(2,11(17)18-3)10(15)7-4-6(13)5-8(14)9(7)16/h4-5,10,16H,15H2,1-3H3/t10-/m1/s1. The fourth-order valence-electron chi connectivity index (χ4n) is 1.60. The Balaban J connectivity index is 3.26. The Morgan fingerprint density at radius 3 is 2.50 bits per heavy atom. The number of phenolic OH excluding ortho intramolecular Hbond substituents is 1. The first kappa shape index (κ1) is 15.1. The van der Waals surface area contributed by atoms with Gasteiger partial charge >= 0.3 is 5.97 Å². The molecule has 0 aliphatic carbocycles. The number of nitrogens with two attached hydrogens (primary N) is 1. The van der Waals surface area contributed by atoms with Crippen LogP contribution in [0.3, 0.4) is 0 Å². The van der Waals surface area contributed by atoms with Crippen LogP contribution in [0.25, 0.3) is 0 Å². The van der Waals surface area contributed by atoms with Crippen molar-refractivity contribution in [3.8, 4) is 5.75 Å². The zero-order valence-electron chi connectivity index (χ0n) is 10.3. The molecule has 0 unspecified atom stereocenters. The van der Waals surface area contributed by atoms with Crippen LogP contribution in [-0.2, 0) is 9.53 Å². The third-order valence-electron chi connectivity index (χ3n) is 2.88. The van der Waals surface area contributed by atoms with Crippen LogP contribution in [0.5, 0.6) is 5.75 Å². The molecule has 1 aromatic rings. The Morgan fingerprint density at radius 1 is 1.44 bits per heavy atom. The van der Waals surface area contributed by atoms with Gasteiger partial charge in [0.1, 0.15) is 5.75 Å². The second-order valence-corrected chi connectivity index (χ2v) is 5.36. The van der Waals surface area contributed by atoms with Gasteiger partial charge in [0.2, 0.25) is 0 Å². The third-order valence-corrected chi connectivity index (χ3v) is 3.39. The molecule has 3 N–H and O–H groups in total. The van der Waals surface area contributed by atoms with E-state index >= 15 is 0 Å². The van der Waals surface area contributed by atoms with Crippen molar-refractivity contribution in [1.82, 2.24) is 0 Å². The number of halogens is 2. The summed E-state index contributed by atoms with van der Waals surface area (Å²) in [6.45, 7) is 3.25. The minimum Gasteiger partial charge on any atom is -0.506 e. The second-order valence-electron chi connectivity index (χ2n) is 4.52. The molecule has 100 valence electrons. The molecule has 0 amide bonds. The number of ether oxygens (including phenoxy) is 1. The van der Waals surface area contributed by atoms with Crippen LogP contribution in [0, 0.1) is 5.41 Å². The molecular formula is C12H15Cl2NO3. The van der Waals surface area contributed by atoms with Gasteiger partial charge in [-0.1, -0.05) is 23.2 Å². The topological polar surface area (TPSA) is 72.5 Å². The first-order chi connectivity index (χ1) is 8.21. The van der Waals surface area contributed by atoms with Gasteiger partial charge < -0.3 is 15.6 Å². The van der Waals surface area contributed by atoms with Gasteiger partial charge in [-0.05, 0) is 26.0 Å². The highest BCUT2D eigenvalue weighted by atomic mass is 35.5. The maximum absolute atomic E-state index is 11.7. The first-order valence-electron chi connectivity index (χ1n) is 5.23. The Morgan fingerprint density at radius 2 is 2.00 bits per heavy atom. The summed E-state index contributed by atoms with van der Waals surface area (Å²) in [6.07, 6.45) is 0. The van der Waals surface area contributed by atoms with Gasteiger partial charge in [0, 0.05) is 16.6 Å². The highest BCUT2D eigenvalue weighted by molar-refractivity contribution is 6.35. The predicted octanol–water partition coefficient (Wildman–Crippen LogP) is 2.90. The lowest BCUT2D eigenvalue weighted by molar-refractivity contribution is -0.152. The number of esters is 1. The van der Waals surface area contributed by atoms with Crippen LogP contribution in [-0.4, -0.2) is 18.2 Å². The number of phenols is 1. The summed E-state index contributed by atoms with van der Waals surface area (Å²) in [5, 5.41) is 10.3. The lowest BCUT2D eigenvalue weighted by Crippen LogP contribution is -2.37. The van der Waals surface area contributed by atoms with Crippen molar-refractivity contribution < 1.29 is 14.6 Å². The molecule has 0 saturated heterocycles. The fourth-order valence-corrected chi connectivity index (χ4v) is 2.11. The predicted molar refractivity (Wildman–Crippen MR) is 70.9 cm³/mol. The number of benzene rings is 1. The molecule has 0 spiro atoms. The average Bonchev–Trinajstić information content (AvgIpc) is 2.31. The van der Waals surface area contributed by atoms with Crippen LogP contribution in [0.1, 0.15) is 25.5 Å². The van der Waals surface area contributed by atoms with E-state index in [1.807, 2.05) is 0 Å². The summed E-state index contributed by atoms with van der Waals surface area (Å²) in [5.41, 5.74) is 5.30. The number of carbonyl (C=O) groups excluding carboxylic acids is 1. The highest BCUT2D eigenvalue weighted by Gasteiger charge is 2.38. The molecular weight excluding hydrogens is 277 g/mol. The monoisotopic (exact) mass is 291 g/mol. The minimum absolute atomic E-state index is 0.0913. The molecule has 0 radical (unpaired) electrons. The quantitative estimate of drug-likeness (QED) is 0.840. The summed E-state index contributed by atoms with van der Waals surface area (Å²) < 4.78 is 4.69. The normalized spacial score (nSPS) is 13.2. The van der Waals surface area contributed by atoms with Crippen molar-refractivity contribution in [2.45, 2.75) is 19.9 Å². The Kier molecular flexibility index (Phi) is 4.48. The van der Waals surface area contributed by atoms with E-state index in [1.54, 1.807) is 13.8 Å². The SMILES string of the molecule is COC(=O)C(C)(C)[C@H](N)c1cc(Cl)cc(Cl)c1O. The highest BCUT2D eigenvalue weighted by Crippen LogP contribution is 2.41. The maximum atomic E-state index is 11.7. The van der Waals surface area contributed by atoms with Gasteiger partial charge in [0.25, 0.3) is 0 Å². The van der Waals surface area contributed by atoms with Gasteiger partial charge in [-0.3, -0.25) is 4.79 Å². The summed E-state index contributed by atoms with van der Waals surface area (Å²) in [6, 6.07) is 2.10. The molecule has 0 aliphatic heterocycles. The van der Waals surface area contributed by atoms with Crippen LogP contribution < -0.4 is 5.73 Å². The molecule has 4 nitrogen and oxygen atoms in total. The van der Waals surface area contributed by atoms with Crippen LogP contribution in [0.4, 0.5) is 0 Å². The van der Waals surface area contributed by atoms with Crippen molar-refractivity contribution in [2.75, 3.05) is 7.11 Å². The number of methoxy groups -OCH3 is 1. The number of rotatable bonds is 3. The molecule has 0 aliphatic rings. The van der Waals surface area contributed by atoms with Gasteiger partial charge in [0.15, 0.2) is 0 Å². The van der Waals surface area contributed by atoms with Gasteiger partial charge in [0.05, 0.1) is 17.5 Å². The smallest absolute Gasteiger partial charge is 0.313 e. The van der Waals surface area contributed by atoms with E-state index in [0.717, 1.165) is 0 Å². The van der Waals surface area contributed by atoms with Crippen molar-refractivity contribution in [3.63, 3.8) is 0 Å². The van der Waals surface area contributed by atoms with Crippen molar-refractivity contribution >= 4 is 29.2 Å². The van der Waals surface area contributed by atoms with E-state index in [2.05, 4.69) is 0 Å². The number of hydrogen-bond donors (Lipinski definition) is 2. The van der Waals surface area contributed by atoms with Crippen molar-refractivity contribution in [3.05, 3.63) is 27.7 Å². The number of hydrogen-bond acceptors (Lipinski definition) is 4. The lowest BCUT2D eigenvalue weighted by atomic mass is 9.80. The Bertz CT molecular complexity index is 475. The summed E-state index contributed by atoms with van der Waals surface area (Å²) in [7, 11) is 1.28. The van der Waals surface area contributed by atoms with Crippen LogP contribution >= 0.6 is 23.2 Å². The maximum Gasteiger partial charge on any atom is 0.313 e. The van der Waals surface area contributed by atoms with E-state index < -0.39 is 17.4 Å².